The van der Waals surface area contributed by atoms with Gasteiger partial charge in [0.25, 0.3) is 0 Å². The fraction of sp³-hybridized carbons (Fsp3) is 0.542. The maximum Gasteiger partial charge on any atom is 0.246 e. The zero-order valence-corrected chi connectivity index (χ0v) is 19.6. The molecule has 0 spiro atoms. The minimum absolute atomic E-state index is 0.00286. The van der Waals surface area contributed by atoms with Gasteiger partial charge in [0.05, 0.1) is 5.69 Å². The largest absolute Gasteiger partial charge is 0.352 e. The number of amides is 2. The fourth-order valence-corrected chi connectivity index (χ4v) is 4.71. The number of aryl methyl sites for hydroxylation is 1. The van der Waals surface area contributed by atoms with Crippen LogP contribution in [0.2, 0.25) is 0 Å². The van der Waals surface area contributed by atoms with Gasteiger partial charge in [-0.05, 0) is 38.0 Å². The number of carbonyl (C=O) groups is 2. The summed E-state index contributed by atoms with van der Waals surface area (Å²) in [6.07, 6.45) is 3.69. The summed E-state index contributed by atoms with van der Waals surface area (Å²) in [7, 11) is 0. The summed E-state index contributed by atoms with van der Waals surface area (Å²) in [4.78, 5) is 32.8. The fourth-order valence-electron chi connectivity index (χ4n) is 3.96. The minimum atomic E-state index is -0.459. The minimum Gasteiger partial charge on any atom is -0.352 e. The van der Waals surface area contributed by atoms with Gasteiger partial charge in [-0.15, -0.1) is 11.3 Å². The lowest BCUT2D eigenvalue weighted by Gasteiger charge is -2.35. The van der Waals surface area contributed by atoms with E-state index < -0.39 is 6.04 Å². The van der Waals surface area contributed by atoms with Gasteiger partial charge in [0.1, 0.15) is 12.1 Å². The molecule has 2 fully saturated rings. The zero-order chi connectivity index (χ0) is 22.2. The Bertz CT molecular complexity index is 943. The topological polar surface area (TPSA) is 74.3 Å². The van der Waals surface area contributed by atoms with Crippen LogP contribution in [0.15, 0.2) is 29.6 Å². The molecule has 7 heteroatoms. The molecule has 2 amide bonds. The molecule has 1 aliphatic carbocycles. The molecule has 31 heavy (non-hydrogen) atoms. The van der Waals surface area contributed by atoms with Crippen LogP contribution in [0.5, 0.6) is 0 Å². The first-order valence-electron chi connectivity index (χ1n) is 11.1. The maximum atomic E-state index is 13.6. The first-order valence-corrected chi connectivity index (χ1v) is 12.0. The Morgan fingerprint density at radius 2 is 1.87 bits per heavy atom. The van der Waals surface area contributed by atoms with E-state index in [0.29, 0.717) is 12.6 Å². The van der Waals surface area contributed by atoms with E-state index in [4.69, 9.17) is 4.98 Å². The van der Waals surface area contributed by atoms with Gasteiger partial charge in [-0.1, -0.05) is 50.6 Å². The van der Waals surface area contributed by atoms with Crippen LogP contribution in [0.3, 0.4) is 0 Å². The highest BCUT2D eigenvalue weighted by Gasteiger charge is 2.42. The summed E-state index contributed by atoms with van der Waals surface area (Å²) < 4.78 is 0. The number of nitrogens with one attached hydrogen (secondary N) is 2. The molecule has 1 aliphatic heterocycles. The number of carbonyl (C=O) groups excluding carboxylic acids is 2. The third-order valence-corrected chi connectivity index (χ3v) is 6.77. The highest BCUT2D eigenvalue weighted by Crippen LogP contribution is 2.31. The van der Waals surface area contributed by atoms with Crippen LogP contribution in [0.4, 0.5) is 5.13 Å². The number of rotatable bonds is 6. The van der Waals surface area contributed by atoms with Crippen molar-refractivity contribution in [3.63, 3.8) is 0 Å². The van der Waals surface area contributed by atoms with Crippen LogP contribution in [0, 0.1) is 12.3 Å². The van der Waals surface area contributed by atoms with Gasteiger partial charge in [0, 0.05) is 23.5 Å². The first-order chi connectivity index (χ1) is 14.7. The lowest BCUT2D eigenvalue weighted by atomic mass is 9.85. The quantitative estimate of drug-likeness (QED) is 0.705. The average Bonchev–Trinajstić information content (AvgIpc) is 3.19. The molecule has 4 rings (SSSR count). The van der Waals surface area contributed by atoms with Gasteiger partial charge in [0.2, 0.25) is 11.8 Å². The normalized spacial score (nSPS) is 19.9. The summed E-state index contributed by atoms with van der Waals surface area (Å²) in [5.41, 5.74) is 2.84. The molecule has 1 aromatic heterocycles. The van der Waals surface area contributed by atoms with Crippen LogP contribution in [0.1, 0.15) is 52.0 Å². The number of hydrogen-bond acceptors (Lipinski definition) is 5. The molecule has 0 unspecified atom stereocenters. The van der Waals surface area contributed by atoms with Crippen LogP contribution >= 0.6 is 11.3 Å². The molecule has 166 valence electrons. The molecule has 1 saturated heterocycles. The van der Waals surface area contributed by atoms with Gasteiger partial charge in [0.15, 0.2) is 5.13 Å². The third-order valence-electron chi connectivity index (χ3n) is 5.99. The van der Waals surface area contributed by atoms with Gasteiger partial charge in [-0.25, -0.2) is 4.98 Å². The van der Waals surface area contributed by atoms with Crippen LogP contribution in [0.25, 0.3) is 11.3 Å². The summed E-state index contributed by atoms with van der Waals surface area (Å²) >= 11 is 1.50. The molecule has 2 atom stereocenters. The van der Waals surface area contributed by atoms with E-state index in [9.17, 15) is 9.59 Å². The molecular weight excluding hydrogens is 408 g/mol. The van der Waals surface area contributed by atoms with E-state index in [-0.39, 0.29) is 23.3 Å². The average molecular weight is 441 g/mol. The number of thiazole rings is 1. The van der Waals surface area contributed by atoms with Crippen molar-refractivity contribution in [2.45, 2.75) is 71.5 Å². The lowest BCUT2D eigenvalue weighted by Crippen LogP contribution is -2.54. The zero-order valence-electron chi connectivity index (χ0n) is 18.8. The SMILES string of the molecule is Cc1ccc(-c2csc(N[C@H](C(=O)N3CCC[C@H]3C(=O)NC3CC3)C(C)(C)C)n2)cc1. The van der Waals surface area contributed by atoms with Gasteiger partial charge < -0.3 is 15.5 Å². The number of anilines is 1. The molecular formula is C24H32N4O2S. The van der Waals surface area contributed by atoms with Gasteiger partial charge in [-0.2, -0.15) is 0 Å². The van der Waals surface area contributed by atoms with Crippen LogP contribution < -0.4 is 10.6 Å². The van der Waals surface area contributed by atoms with Gasteiger partial charge >= 0.3 is 0 Å². The summed E-state index contributed by atoms with van der Waals surface area (Å²) in [6.45, 7) is 8.83. The first kappa shape index (κ1) is 21.8. The Balaban J connectivity index is 1.50. The van der Waals surface area contributed by atoms with Crippen molar-refractivity contribution >= 4 is 28.3 Å². The molecule has 1 aromatic carbocycles. The molecule has 0 bridgehead atoms. The second-order valence-electron chi connectivity index (χ2n) is 9.82. The number of aromatic nitrogens is 1. The third kappa shape index (κ3) is 5.09. The van der Waals surface area contributed by atoms with Crippen LogP contribution in [-0.4, -0.2) is 46.4 Å². The van der Waals surface area contributed by atoms with Crippen molar-refractivity contribution in [3.05, 3.63) is 35.2 Å². The Kier molecular flexibility index (Phi) is 6.06. The number of hydrogen-bond donors (Lipinski definition) is 2. The predicted octanol–water partition coefficient (Wildman–Crippen LogP) is 4.21. The van der Waals surface area contributed by atoms with E-state index in [2.05, 4.69) is 41.8 Å². The Morgan fingerprint density at radius 3 is 2.52 bits per heavy atom. The van der Waals surface area contributed by atoms with E-state index >= 15 is 0 Å². The summed E-state index contributed by atoms with van der Waals surface area (Å²) in [6, 6.07) is 7.75. The van der Waals surface area contributed by atoms with Crippen molar-refractivity contribution in [3.8, 4) is 11.3 Å². The van der Waals surface area contributed by atoms with Crippen molar-refractivity contribution in [2.24, 2.45) is 5.41 Å². The standard InChI is InChI=1S/C24H32N4O2S/c1-15-7-9-16(10-8-15)18-14-31-23(26-18)27-20(24(2,3)4)22(30)28-13-5-6-19(28)21(29)25-17-11-12-17/h7-10,14,17,19-20H,5-6,11-13H2,1-4H3,(H,25,29)(H,26,27)/t19-,20+/m0/s1. The second kappa shape index (κ2) is 8.61. The van der Waals surface area contributed by atoms with Gasteiger partial charge in [-0.3, -0.25) is 9.59 Å². The molecule has 2 aromatic rings. The number of benzene rings is 1. The van der Waals surface area contributed by atoms with Crippen molar-refractivity contribution in [1.29, 1.82) is 0 Å². The molecule has 2 N–H and O–H groups in total. The second-order valence-corrected chi connectivity index (χ2v) is 10.7. The number of likely N-dealkylation sites (tertiary alicyclic amines) is 1. The van der Waals surface area contributed by atoms with Crippen LogP contribution in [-0.2, 0) is 9.59 Å². The molecule has 2 aliphatic rings. The van der Waals surface area contributed by atoms with E-state index in [1.165, 1.54) is 16.9 Å². The van der Waals surface area contributed by atoms with Crippen molar-refractivity contribution in [2.75, 3.05) is 11.9 Å². The predicted molar refractivity (Wildman–Crippen MR) is 125 cm³/mol. The van der Waals surface area contributed by atoms with E-state index in [1.807, 2.05) is 26.2 Å². The maximum absolute atomic E-state index is 13.6. The number of nitrogens with zero attached hydrogens (tertiary/aromatic N) is 2. The Morgan fingerprint density at radius 1 is 1.16 bits per heavy atom. The lowest BCUT2D eigenvalue weighted by molar-refractivity contribution is -0.140. The Hall–Kier alpha value is -2.41. The van der Waals surface area contributed by atoms with E-state index in [1.54, 1.807) is 4.90 Å². The molecule has 2 heterocycles. The van der Waals surface area contributed by atoms with Crippen molar-refractivity contribution < 1.29 is 9.59 Å². The molecule has 1 saturated carbocycles. The highest BCUT2D eigenvalue weighted by molar-refractivity contribution is 7.14. The van der Waals surface area contributed by atoms with Crippen molar-refractivity contribution in [1.82, 2.24) is 15.2 Å². The van der Waals surface area contributed by atoms with E-state index in [0.717, 1.165) is 42.1 Å². The summed E-state index contributed by atoms with van der Waals surface area (Å²) in [5.74, 6) is -0.0232. The highest BCUT2D eigenvalue weighted by atomic mass is 32.1. The smallest absolute Gasteiger partial charge is 0.246 e. The Labute approximate surface area is 188 Å². The molecule has 0 radical (unpaired) electrons. The summed E-state index contributed by atoms with van der Waals surface area (Å²) in [5, 5.41) is 9.20. The molecule has 6 nitrogen and oxygen atoms in total. The monoisotopic (exact) mass is 440 g/mol.